The first kappa shape index (κ1) is 13.5. The van der Waals surface area contributed by atoms with Gasteiger partial charge in [-0.25, -0.2) is 0 Å². The second kappa shape index (κ2) is 5.68. The zero-order valence-corrected chi connectivity index (χ0v) is 12.0. The first-order valence-electron chi connectivity index (χ1n) is 5.21. The van der Waals surface area contributed by atoms with E-state index in [-0.39, 0.29) is 6.10 Å². The quantitative estimate of drug-likeness (QED) is 0.456. The molecule has 1 aromatic carbocycles. The highest BCUT2D eigenvalue weighted by Gasteiger charge is 2.24. The van der Waals surface area contributed by atoms with E-state index in [1.165, 1.54) is 0 Å². The van der Waals surface area contributed by atoms with Crippen LogP contribution in [0.1, 0.15) is 26.3 Å². The van der Waals surface area contributed by atoms with Crippen LogP contribution in [0.25, 0.3) is 6.08 Å². The van der Waals surface area contributed by atoms with Crippen LogP contribution < -0.4 is 4.74 Å². The molecule has 0 saturated heterocycles. The summed E-state index contributed by atoms with van der Waals surface area (Å²) in [6, 6.07) is 7.77. The van der Waals surface area contributed by atoms with Crippen LogP contribution in [-0.2, 0) is 4.74 Å². The molecule has 0 heterocycles. The highest BCUT2D eigenvalue weighted by molar-refractivity contribution is 14.1. The summed E-state index contributed by atoms with van der Waals surface area (Å²) in [5.74, 6) is 0.787. The molecule has 0 radical (unpaired) electrons. The van der Waals surface area contributed by atoms with Crippen LogP contribution in [0.5, 0.6) is 5.75 Å². The van der Waals surface area contributed by atoms with Crippen LogP contribution in [0.4, 0.5) is 0 Å². The third-order valence-corrected chi connectivity index (χ3v) is 2.31. The van der Waals surface area contributed by atoms with Crippen molar-refractivity contribution in [3.05, 3.63) is 36.4 Å². The molecule has 3 heteroatoms. The molecule has 2 nitrogen and oxygen atoms in total. The second-order valence-corrected chi connectivity index (χ2v) is 5.84. The van der Waals surface area contributed by atoms with E-state index in [1.54, 1.807) is 6.08 Å². The molecular weight excluding hydrogens is 315 g/mol. The molecule has 0 N–H and O–H groups in total. The summed E-state index contributed by atoms with van der Waals surface area (Å²) in [5, 5.41) is 0. The number of hydrogen-bond donors (Lipinski definition) is 0. The average molecular weight is 332 g/mol. The lowest BCUT2D eigenvalue weighted by atomic mass is 10.2. The van der Waals surface area contributed by atoms with Crippen molar-refractivity contribution in [2.45, 2.75) is 30.7 Å². The van der Waals surface area contributed by atoms with E-state index in [2.05, 4.69) is 29.2 Å². The highest BCUT2D eigenvalue weighted by Crippen LogP contribution is 2.27. The van der Waals surface area contributed by atoms with Gasteiger partial charge in [-0.15, -0.1) is 0 Å². The molecule has 0 aliphatic rings. The SMILES string of the molecule is C=Cc1cccc(OC(C)(I)OC(C)C)c1. The Kier molecular flexibility index (Phi) is 4.80. The number of benzene rings is 1. The summed E-state index contributed by atoms with van der Waals surface area (Å²) in [7, 11) is 0. The van der Waals surface area contributed by atoms with Gasteiger partial charge >= 0.3 is 0 Å². The van der Waals surface area contributed by atoms with E-state index >= 15 is 0 Å². The number of halogens is 1. The smallest absolute Gasteiger partial charge is 0.259 e. The van der Waals surface area contributed by atoms with Gasteiger partial charge in [-0.05, 0) is 31.5 Å². The van der Waals surface area contributed by atoms with Gasteiger partial charge in [0.25, 0.3) is 3.79 Å². The van der Waals surface area contributed by atoms with E-state index in [0.717, 1.165) is 11.3 Å². The minimum Gasteiger partial charge on any atom is -0.454 e. The Morgan fingerprint density at radius 3 is 2.69 bits per heavy atom. The van der Waals surface area contributed by atoms with Crippen molar-refractivity contribution in [2.24, 2.45) is 0 Å². The largest absolute Gasteiger partial charge is 0.454 e. The van der Waals surface area contributed by atoms with Gasteiger partial charge in [0.1, 0.15) is 5.75 Å². The molecular formula is C13H17IO2. The van der Waals surface area contributed by atoms with E-state index in [9.17, 15) is 0 Å². The Labute approximate surface area is 111 Å². The average Bonchev–Trinajstić information content (AvgIpc) is 2.15. The van der Waals surface area contributed by atoms with Crippen molar-refractivity contribution >= 4 is 28.7 Å². The Hall–Kier alpha value is -0.550. The Bertz CT molecular complexity index is 359. The predicted octanol–water partition coefficient (Wildman–Crippen LogP) is 4.24. The topological polar surface area (TPSA) is 18.5 Å². The van der Waals surface area contributed by atoms with Gasteiger partial charge in [0.2, 0.25) is 0 Å². The number of ether oxygens (including phenoxy) is 2. The lowest BCUT2D eigenvalue weighted by Crippen LogP contribution is -2.31. The van der Waals surface area contributed by atoms with Crippen LogP contribution in [0.3, 0.4) is 0 Å². The molecule has 1 atom stereocenters. The van der Waals surface area contributed by atoms with Crippen molar-refractivity contribution in [3.8, 4) is 5.75 Å². The summed E-state index contributed by atoms with van der Waals surface area (Å²) in [6.45, 7) is 9.60. The molecule has 1 rings (SSSR count). The van der Waals surface area contributed by atoms with Gasteiger partial charge in [0, 0.05) is 29.5 Å². The van der Waals surface area contributed by atoms with Gasteiger partial charge in [0.15, 0.2) is 0 Å². The van der Waals surface area contributed by atoms with Gasteiger partial charge in [-0.3, -0.25) is 0 Å². The standard InChI is InChI=1S/C13H17IO2/c1-5-11-7-6-8-12(9-11)16-13(4,14)15-10(2)3/h5-10H,1H2,2-4H3. The second-order valence-electron chi connectivity index (χ2n) is 3.88. The molecule has 0 aromatic heterocycles. The Morgan fingerprint density at radius 2 is 2.12 bits per heavy atom. The fourth-order valence-electron chi connectivity index (χ4n) is 1.36. The van der Waals surface area contributed by atoms with Crippen molar-refractivity contribution in [1.29, 1.82) is 0 Å². The highest BCUT2D eigenvalue weighted by atomic mass is 127. The first-order valence-corrected chi connectivity index (χ1v) is 6.29. The zero-order valence-electron chi connectivity index (χ0n) is 9.87. The normalized spacial score (nSPS) is 14.6. The lowest BCUT2D eigenvalue weighted by Gasteiger charge is -2.26. The van der Waals surface area contributed by atoms with Crippen molar-refractivity contribution in [3.63, 3.8) is 0 Å². The van der Waals surface area contributed by atoms with Gasteiger partial charge < -0.3 is 9.47 Å². The fraction of sp³-hybridized carbons (Fsp3) is 0.385. The maximum atomic E-state index is 5.77. The van der Waals surface area contributed by atoms with E-state index < -0.39 is 3.79 Å². The summed E-state index contributed by atoms with van der Waals surface area (Å²) in [6.07, 6.45) is 1.92. The van der Waals surface area contributed by atoms with Crippen molar-refractivity contribution < 1.29 is 9.47 Å². The van der Waals surface area contributed by atoms with Gasteiger partial charge in [-0.1, -0.05) is 24.8 Å². The summed E-state index contributed by atoms with van der Waals surface area (Å²) in [4.78, 5) is 0. The van der Waals surface area contributed by atoms with Gasteiger partial charge in [0.05, 0.1) is 6.10 Å². The van der Waals surface area contributed by atoms with Crippen molar-refractivity contribution in [1.82, 2.24) is 0 Å². The van der Waals surface area contributed by atoms with Crippen LogP contribution in [0.15, 0.2) is 30.8 Å². The number of hydrogen-bond acceptors (Lipinski definition) is 2. The molecule has 0 aliphatic carbocycles. The molecule has 0 aliphatic heterocycles. The molecule has 16 heavy (non-hydrogen) atoms. The fourth-order valence-corrected chi connectivity index (χ4v) is 2.12. The molecule has 0 amide bonds. The minimum absolute atomic E-state index is 0.129. The van der Waals surface area contributed by atoms with E-state index in [4.69, 9.17) is 9.47 Å². The summed E-state index contributed by atoms with van der Waals surface area (Å²) >= 11 is 2.15. The predicted molar refractivity (Wildman–Crippen MR) is 75.8 cm³/mol. The van der Waals surface area contributed by atoms with Crippen LogP contribution in [0, 0.1) is 0 Å². The number of alkyl halides is 1. The molecule has 0 bridgehead atoms. The number of rotatable bonds is 5. The maximum absolute atomic E-state index is 5.77. The maximum Gasteiger partial charge on any atom is 0.259 e. The molecule has 0 spiro atoms. The lowest BCUT2D eigenvalue weighted by molar-refractivity contribution is -0.110. The summed E-state index contributed by atoms with van der Waals surface area (Å²) < 4.78 is 10.8. The molecule has 0 fully saturated rings. The Balaban J connectivity index is 2.75. The van der Waals surface area contributed by atoms with Crippen molar-refractivity contribution in [2.75, 3.05) is 0 Å². The minimum atomic E-state index is -0.647. The van der Waals surface area contributed by atoms with E-state index in [0.29, 0.717) is 0 Å². The third kappa shape index (κ3) is 4.53. The first-order chi connectivity index (χ1) is 7.43. The van der Waals surface area contributed by atoms with Crippen LogP contribution >= 0.6 is 22.6 Å². The van der Waals surface area contributed by atoms with Crippen LogP contribution in [-0.4, -0.2) is 9.90 Å². The monoisotopic (exact) mass is 332 g/mol. The van der Waals surface area contributed by atoms with Crippen LogP contribution in [0.2, 0.25) is 0 Å². The zero-order chi connectivity index (χ0) is 12.2. The molecule has 88 valence electrons. The van der Waals surface area contributed by atoms with E-state index in [1.807, 2.05) is 45.0 Å². The molecule has 1 unspecified atom stereocenters. The third-order valence-electron chi connectivity index (χ3n) is 1.84. The Morgan fingerprint density at radius 1 is 1.44 bits per heavy atom. The summed E-state index contributed by atoms with van der Waals surface area (Å²) in [5.41, 5.74) is 1.04. The van der Waals surface area contributed by atoms with Gasteiger partial charge in [-0.2, -0.15) is 0 Å². The molecule has 0 saturated carbocycles. The molecule has 1 aromatic rings.